The molecule has 0 fully saturated rings. The molecule has 7 heteroatoms. The van der Waals surface area contributed by atoms with Gasteiger partial charge in [0, 0.05) is 15.4 Å². The van der Waals surface area contributed by atoms with Crippen molar-refractivity contribution in [3.8, 4) is 0 Å². The maximum Gasteiger partial charge on any atom is 0.320 e. The molecule has 0 saturated heterocycles. The molecule has 0 amide bonds. The quantitative estimate of drug-likeness (QED) is 0.354. The molecular formula is C18H17NO5S. The van der Waals surface area contributed by atoms with Crippen LogP contribution in [0.1, 0.15) is 33.1 Å². The lowest BCUT2D eigenvalue weighted by Crippen LogP contribution is -2.49. The molecule has 25 heavy (non-hydrogen) atoms. The van der Waals surface area contributed by atoms with Crippen molar-refractivity contribution in [3.05, 3.63) is 67.9 Å². The summed E-state index contributed by atoms with van der Waals surface area (Å²) in [5.74, 6) is -1.94. The van der Waals surface area contributed by atoms with Crippen LogP contribution in [0.25, 0.3) is 0 Å². The molecule has 3 rings (SSSR count). The predicted molar refractivity (Wildman–Crippen MR) is 92.5 cm³/mol. The van der Waals surface area contributed by atoms with Gasteiger partial charge in [-0.15, -0.1) is 11.3 Å². The summed E-state index contributed by atoms with van der Waals surface area (Å²) in [4.78, 5) is 37.6. The first-order valence-corrected chi connectivity index (χ1v) is 8.75. The van der Waals surface area contributed by atoms with Crippen LogP contribution < -0.4 is 0 Å². The second-order valence-corrected chi connectivity index (χ2v) is 7.01. The van der Waals surface area contributed by atoms with Crippen LogP contribution in [-0.2, 0) is 16.0 Å². The van der Waals surface area contributed by atoms with Crippen LogP contribution in [0, 0.1) is 15.5 Å². The second kappa shape index (κ2) is 6.76. The third kappa shape index (κ3) is 2.84. The fraction of sp³-hybridized carbons (Fsp3) is 0.333. The van der Waals surface area contributed by atoms with Crippen molar-refractivity contribution in [2.75, 3.05) is 13.7 Å². The van der Waals surface area contributed by atoms with Crippen molar-refractivity contribution < 1.29 is 19.2 Å². The number of methoxy groups -OCH3 is 1. The average Bonchev–Trinajstić information content (AvgIpc) is 3.14. The third-order valence-corrected chi connectivity index (χ3v) is 5.80. The van der Waals surface area contributed by atoms with Gasteiger partial charge in [-0.25, -0.2) is 0 Å². The van der Waals surface area contributed by atoms with E-state index in [1.54, 1.807) is 29.6 Å². The number of nitro groups is 1. The number of rotatable bonds is 5. The molecule has 6 nitrogen and oxygen atoms in total. The Labute approximate surface area is 148 Å². The molecule has 130 valence electrons. The molecule has 2 unspecified atom stereocenters. The van der Waals surface area contributed by atoms with Crippen LogP contribution in [0.5, 0.6) is 0 Å². The zero-order valence-corrected chi connectivity index (χ0v) is 14.5. The van der Waals surface area contributed by atoms with E-state index in [0.717, 1.165) is 5.56 Å². The highest BCUT2D eigenvalue weighted by Gasteiger charge is 2.57. The number of nitrogens with zero attached hydrogens (tertiary/aromatic N) is 1. The van der Waals surface area contributed by atoms with Crippen LogP contribution in [0.15, 0.2) is 41.8 Å². The molecule has 1 aliphatic rings. The van der Waals surface area contributed by atoms with Crippen molar-refractivity contribution in [1.29, 1.82) is 0 Å². The van der Waals surface area contributed by atoms with Gasteiger partial charge in [-0.05, 0) is 29.9 Å². The number of fused-ring (bicyclic) bond motifs is 1. The Morgan fingerprint density at radius 2 is 2.12 bits per heavy atom. The van der Waals surface area contributed by atoms with E-state index in [1.807, 2.05) is 12.1 Å². The Morgan fingerprint density at radius 3 is 2.76 bits per heavy atom. The molecule has 0 N–H and O–H groups in total. The molecule has 2 aromatic rings. The van der Waals surface area contributed by atoms with Gasteiger partial charge in [-0.2, -0.15) is 0 Å². The number of carbonyl (C=O) groups is 2. The lowest BCUT2D eigenvalue weighted by Gasteiger charge is -2.38. The monoisotopic (exact) mass is 359 g/mol. The van der Waals surface area contributed by atoms with Gasteiger partial charge in [-0.1, -0.05) is 30.3 Å². The van der Waals surface area contributed by atoms with Gasteiger partial charge in [-0.3, -0.25) is 19.7 Å². The largest absolute Gasteiger partial charge is 0.468 e. The van der Waals surface area contributed by atoms with Crippen LogP contribution in [-0.4, -0.2) is 30.3 Å². The molecule has 2 atom stereocenters. The smallest absolute Gasteiger partial charge is 0.320 e. The Balaban J connectivity index is 2.18. The number of ketones is 1. The van der Waals surface area contributed by atoms with Gasteiger partial charge in [0.05, 0.1) is 13.0 Å². The maximum atomic E-state index is 13.3. The Hall–Kier alpha value is -2.54. The number of Topliss-reactive ketones (excluding diaryl/α,β-unsaturated/α-hetero) is 1. The van der Waals surface area contributed by atoms with Gasteiger partial charge in [0.1, 0.15) is 5.41 Å². The first kappa shape index (κ1) is 17.3. The van der Waals surface area contributed by atoms with Crippen molar-refractivity contribution in [2.45, 2.75) is 18.8 Å². The lowest BCUT2D eigenvalue weighted by atomic mass is 9.62. The highest BCUT2D eigenvalue weighted by molar-refractivity contribution is 7.10. The van der Waals surface area contributed by atoms with E-state index < -0.39 is 28.8 Å². The third-order valence-electron chi connectivity index (χ3n) is 4.82. The molecule has 1 heterocycles. The number of aryl methyl sites for hydroxylation is 1. The number of esters is 1. The molecule has 0 bridgehead atoms. The Morgan fingerprint density at radius 1 is 1.36 bits per heavy atom. The van der Waals surface area contributed by atoms with E-state index in [-0.39, 0.29) is 12.2 Å². The zero-order chi connectivity index (χ0) is 18.0. The van der Waals surface area contributed by atoms with Crippen LogP contribution in [0.3, 0.4) is 0 Å². The summed E-state index contributed by atoms with van der Waals surface area (Å²) >= 11 is 1.31. The highest BCUT2D eigenvalue weighted by Crippen LogP contribution is 2.48. The Bertz CT molecular complexity index is 817. The van der Waals surface area contributed by atoms with E-state index >= 15 is 0 Å². The number of benzene rings is 1. The molecular weight excluding hydrogens is 342 g/mol. The summed E-state index contributed by atoms with van der Waals surface area (Å²) < 4.78 is 4.96. The lowest BCUT2D eigenvalue weighted by molar-refractivity contribution is -0.485. The minimum atomic E-state index is -1.57. The summed E-state index contributed by atoms with van der Waals surface area (Å²) in [7, 11) is 1.22. The van der Waals surface area contributed by atoms with Gasteiger partial charge in [0.15, 0.2) is 5.78 Å². The highest BCUT2D eigenvalue weighted by atomic mass is 32.1. The maximum absolute atomic E-state index is 13.3. The van der Waals surface area contributed by atoms with Gasteiger partial charge in [0.2, 0.25) is 6.54 Å². The van der Waals surface area contributed by atoms with Crippen molar-refractivity contribution in [3.63, 3.8) is 0 Å². The normalized spacial score (nSPS) is 20.6. The van der Waals surface area contributed by atoms with E-state index in [2.05, 4.69) is 0 Å². The topological polar surface area (TPSA) is 86.5 Å². The fourth-order valence-electron chi connectivity index (χ4n) is 3.62. The summed E-state index contributed by atoms with van der Waals surface area (Å²) in [6.45, 7) is -0.497. The van der Waals surface area contributed by atoms with Crippen LogP contribution in [0.4, 0.5) is 0 Å². The molecule has 1 aliphatic carbocycles. The molecule has 0 spiro atoms. The standard InChI is InChI=1S/C18H17NO5S/c1-24-17(21)18(14(11-19(22)23)15-7-4-10-25-15)9-8-12-5-2-3-6-13(12)16(18)20/h2-7,10,14H,8-9,11H2,1H3. The predicted octanol–water partition coefficient (Wildman–Crippen LogP) is 3.10. The van der Waals surface area contributed by atoms with Gasteiger partial charge in [0.25, 0.3) is 0 Å². The van der Waals surface area contributed by atoms with Crippen LogP contribution >= 0.6 is 11.3 Å². The minimum absolute atomic E-state index is 0.200. The first-order valence-electron chi connectivity index (χ1n) is 7.87. The van der Waals surface area contributed by atoms with Crippen molar-refractivity contribution in [2.24, 2.45) is 5.41 Å². The number of hydrogen-bond acceptors (Lipinski definition) is 6. The van der Waals surface area contributed by atoms with Gasteiger partial charge >= 0.3 is 5.97 Å². The summed E-state index contributed by atoms with van der Waals surface area (Å²) in [6.07, 6.45) is 0.697. The van der Waals surface area contributed by atoms with Crippen LogP contribution in [0.2, 0.25) is 0 Å². The first-order chi connectivity index (χ1) is 12.0. The summed E-state index contributed by atoms with van der Waals surface area (Å²) in [5, 5.41) is 13.1. The SMILES string of the molecule is COC(=O)C1(C(C[N+](=O)[O-])c2cccs2)CCc2ccccc2C1=O. The molecule has 0 aliphatic heterocycles. The van der Waals surface area contributed by atoms with Gasteiger partial charge < -0.3 is 4.74 Å². The van der Waals surface area contributed by atoms with E-state index in [9.17, 15) is 19.7 Å². The summed E-state index contributed by atoms with van der Waals surface area (Å²) in [6, 6.07) is 10.6. The Kier molecular flexibility index (Phi) is 4.67. The number of hydrogen-bond donors (Lipinski definition) is 0. The zero-order valence-electron chi connectivity index (χ0n) is 13.6. The van der Waals surface area contributed by atoms with Crippen molar-refractivity contribution >= 4 is 23.1 Å². The summed E-state index contributed by atoms with van der Waals surface area (Å²) in [5.41, 5.74) is -0.261. The number of carbonyl (C=O) groups excluding carboxylic acids is 2. The van der Waals surface area contributed by atoms with E-state index in [4.69, 9.17) is 4.74 Å². The molecule has 1 aromatic carbocycles. The minimum Gasteiger partial charge on any atom is -0.468 e. The molecule has 1 aromatic heterocycles. The second-order valence-electron chi connectivity index (χ2n) is 6.03. The number of thiophene rings is 1. The van der Waals surface area contributed by atoms with E-state index in [1.165, 1.54) is 18.4 Å². The van der Waals surface area contributed by atoms with E-state index in [0.29, 0.717) is 16.9 Å². The molecule has 0 saturated carbocycles. The number of ether oxygens (including phenoxy) is 1. The van der Waals surface area contributed by atoms with Crippen molar-refractivity contribution in [1.82, 2.24) is 0 Å². The average molecular weight is 359 g/mol. The molecule has 0 radical (unpaired) electrons. The fourth-order valence-corrected chi connectivity index (χ4v) is 4.54.